The summed E-state index contributed by atoms with van der Waals surface area (Å²) in [5.74, 6) is 0. The zero-order valence-electron chi connectivity index (χ0n) is 23.2. The number of benzene rings is 2. The lowest BCUT2D eigenvalue weighted by atomic mass is 10.1. The fourth-order valence-corrected chi connectivity index (χ4v) is 4.97. The van der Waals surface area contributed by atoms with Crippen LogP contribution in [0.3, 0.4) is 0 Å². The lowest BCUT2D eigenvalue weighted by molar-refractivity contribution is 0.824. The molecule has 0 saturated carbocycles. The highest BCUT2D eigenvalue weighted by Gasteiger charge is 2.20. The predicted molar refractivity (Wildman–Crippen MR) is 165 cm³/mol. The number of aromatic amines is 2. The molecule has 0 spiro atoms. The van der Waals surface area contributed by atoms with Gasteiger partial charge in [0.05, 0.1) is 22.5 Å². The van der Waals surface area contributed by atoms with Crippen LogP contribution < -0.4 is 11.1 Å². The van der Waals surface area contributed by atoms with Gasteiger partial charge >= 0.3 is 0 Å². The standard InChI is InChI=1S/2C16H12N4O.H2O/c2*1-10-7-8-12-14-13(9-17-15(12)18-10)16(21)20(19-14)11-5-3-2-4-6-11;/h2*2-9H,1H3,(H,17,18);1H2. The van der Waals surface area contributed by atoms with E-state index in [2.05, 4.69) is 30.1 Å². The Hall–Kier alpha value is -5.94. The number of pyridine rings is 4. The van der Waals surface area contributed by atoms with Crippen LogP contribution in [0.5, 0.6) is 0 Å². The molecule has 43 heavy (non-hydrogen) atoms. The van der Waals surface area contributed by atoms with E-state index in [4.69, 9.17) is 0 Å². The molecule has 4 aromatic rings. The van der Waals surface area contributed by atoms with E-state index in [1.165, 1.54) is 9.36 Å². The molecule has 0 radical (unpaired) electrons. The average Bonchev–Trinajstić information content (AvgIpc) is 3.54. The van der Waals surface area contributed by atoms with Crippen molar-refractivity contribution < 1.29 is 5.48 Å². The third-order valence-corrected chi connectivity index (χ3v) is 7.04. The van der Waals surface area contributed by atoms with Gasteiger partial charge in [-0.2, -0.15) is 19.6 Å². The molecule has 212 valence electrons. The number of aromatic nitrogens is 8. The number of nitrogens with zero attached hydrogens (tertiary/aromatic N) is 6. The van der Waals surface area contributed by atoms with Crippen LogP contribution in [-0.2, 0) is 0 Å². The van der Waals surface area contributed by atoms with Gasteiger partial charge in [0.25, 0.3) is 11.1 Å². The van der Waals surface area contributed by atoms with Gasteiger partial charge in [-0.1, -0.05) is 36.4 Å². The van der Waals surface area contributed by atoms with Gasteiger partial charge in [0.1, 0.15) is 22.7 Å². The van der Waals surface area contributed by atoms with Gasteiger partial charge in [0.2, 0.25) is 0 Å². The van der Waals surface area contributed by atoms with Crippen molar-refractivity contribution in [2.75, 3.05) is 0 Å². The lowest BCUT2D eigenvalue weighted by Gasteiger charge is -2.02. The number of para-hydroxylation sites is 2. The minimum absolute atomic E-state index is 0. The lowest BCUT2D eigenvalue weighted by Crippen LogP contribution is -2.14. The van der Waals surface area contributed by atoms with Crippen molar-refractivity contribution in [1.82, 2.24) is 39.5 Å². The second kappa shape index (κ2) is 10.8. The zero-order valence-corrected chi connectivity index (χ0v) is 23.2. The molecule has 0 bridgehead atoms. The smallest absolute Gasteiger partial charge is 0.282 e. The molecule has 2 aromatic heterocycles. The molecule has 2 aromatic carbocycles. The Balaban J connectivity index is 0.000000150. The summed E-state index contributed by atoms with van der Waals surface area (Å²) < 4.78 is 2.86. The number of nitrogens with one attached hydrogen (secondary N) is 2. The molecule has 8 rings (SSSR count). The Morgan fingerprint density at radius 3 is 1.35 bits per heavy atom. The normalized spacial score (nSPS) is 11.0. The fraction of sp³-hybridized carbons (Fsp3) is 0.0625. The van der Waals surface area contributed by atoms with E-state index in [-0.39, 0.29) is 16.6 Å². The van der Waals surface area contributed by atoms with E-state index in [0.29, 0.717) is 22.5 Å². The van der Waals surface area contributed by atoms with E-state index in [1.807, 2.05) is 98.8 Å². The first-order valence-electron chi connectivity index (χ1n) is 13.3. The van der Waals surface area contributed by atoms with Crippen LogP contribution in [0.1, 0.15) is 11.4 Å². The van der Waals surface area contributed by atoms with Crippen molar-refractivity contribution in [3.8, 4) is 33.9 Å². The monoisotopic (exact) mass is 570 g/mol. The number of rotatable bonds is 2. The van der Waals surface area contributed by atoms with Gasteiger partial charge in [0, 0.05) is 34.6 Å². The zero-order chi connectivity index (χ0) is 28.8. The van der Waals surface area contributed by atoms with Crippen molar-refractivity contribution in [3.63, 3.8) is 0 Å². The third kappa shape index (κ3) is 4.73. The average molecular weight is 571 g/mol. The predicted octanol–water partition coefficient (Wildman–Crippen LogP) is 4.22. The van der Waals surface area contributed by atoms with Gasteiger partial charge in [-0.25, -0.2) is 9.97 Å². The minimum Gasteiger partial charge on any atom is -0.412 e. The highest BCUT2D eigenvalue weighted by atomic mass is 16.1. The fourth-order valence-electron chi connectivity index (χ4n) is 4.97. The van der Waals surface area contributed by atoms with Crippen LogP contribution in [0, 0.1) is 13.8 Å². The summed E-state index contributed by atoms with van der Waals surface area (Å²) in [7, 11) is 0. The molecule has 4 aliphatic rings. The summed E-state index contributed by atoms with van der Waals surface area (Å²) in [4.78, 5) is 40.0. The first-order valence-corrected chi connectivity index (χ1v) is 13.3. The summed E-state index contributed by atoms with van der Waals surface area (Å²) in [5, 5.41) is 10.7. The maximum Gasteiger partial charge on any atom is 0.282 e. The molecule has 0 aliphatic carbocycles. The molecule has 0 fully saturated rings. The largest absolute Gasteiger partial charge is 0.412 e. The van der Waals surface area contributed by atoms with Crippen LogP contribution in [0.4, 0.5) is 0 Å². The molecular formula is C32H26N8O3. The second-order valence-electron chi connectivity index (χ2n) is 9.90. The molecular weight excluding hydrogens is 544 g/mol. The molecule has 0 amide bonds. The van der Waals surface area contributed by atoms with Crippen LogP contribution in [0.15, 0.2) is 107 Å². The Bertz CT molecular complexity index is 2100. The molecule has 0 atom stereocenters. The summed E-state index contributed by atoms with van der Waals surface area (Å²) >= 11 is 0. The molecule has 11 heteroatoms. The topological polar surface area (TPSA) is 159 Å². The van der Waals surface area contributed by atoms with Crippen LogP contribution in [-0.4, -0.2) is 45.0 Å². The molecule has 6 heterocycles. The van der Waals surface area contributed by atoms with Crippen molar-refractivity contribution in [3.05, 3.63) is 129 Å². The Morgan fingerprint density at radius 1 is 0.558 bits per heavy atom. The Labute approximate surface area is 244 Å². The van der Waals surface area contributed by atoms with Gasteiger partial charge in [-0.05, 0) is 62.4 Å². The van der Waals surface area contributed by atoms with Crippen LogP contribution in [0.2, 0.25) is 0 Å². The van der Waals surface area contributed by atoms with Gasteiger partial charge in [0.15, 0.2) is 0 Å². The van der Waals surface area contributed by atoms with Gasteiger partial charge in [-0.15, -0.1) is 0 Å². The Kier molecular flexibility index (Phi) is 6.84. The summed E-state index contributed by atoms with van der Waals surface area (Å²) in [5.41, 5.74) is 7.04. The Morgan fingerprint density at radius 2 is 0.953 bits per heavy atom. The van der Waals surface area contributed by atoms with E-state index >= 15 is 0 Å². The molecule has 0 saturated heterocycles. The van der Waals surface area contributed by atoms with E-state index in [0.717, 1.165) is 44.8 Å². The second-order valence-corrected chi connectivity index (χ2v) is 9.90. The molecule has 4 N–H and O–H groups in total. The van der Waals surface area contributed by atoms with E-state index in [1.54, 1.807) is 12.4 Å². The number of hydrogen-bond donors (Lipinski definition) is 2. The first kappa shape index (κ1) is 27.2. The van der Waals surface area contributed by atoms with Crippen molar-refractivity contribution in [1.29, 1.82) is 0 Å². The van der Waals surface area contributed by atoms with E-state index in [9.17, 15) is 9.59 Å². The quantitative estimate of drug-likeness (QED) is 0.317. The first-order chi connectivity index (χ1) is 20.5. The van der Waals surface area contributed by atoms with Crippen molar-refractivity contribution in [2.24, 2.45) is 0 Å². The minimum atomic E-state index is -0.130. The van der Waals surface area contributed by atoms with Gasteiger partial charge in [-0.3, -0.25) is 9.59 Å². The number of H-pyrrole nitrogens is 2. The van der Waals surface area contributed by atoms with Crippen LogP contribution >= 0.6 is 0 Å². The number of fused-ring (bicyclic) bond motifs is 6. The third-order valence-electron chi connectivity index (χ3n) is 7.04. The highest BCUT2D eigenvalue weighted by molar-refractivity contribution is 5.92. The van der Waals surface area contributed by atoms with Gasteiger partial charge < -0.3 is 15.4 Å². The van der Waals surface area contributed by atoms with E-state index < -0.39 is 0 Å². The summed E-state index contributed by atoms with van der Waals surface area (Å²) in [6.45, 7) is 3.86. The maximum atomic E-state index is 12.5. The highest BCUT2D eigenvalue weighted by Crippen LogP contribution is 2.26. The summed E-state index contributed by atoms with van der Waals surface area (Å²) in [6.07, 6.45) is 3.36. The van der Waals surface area contributed by atoms with Crippen LogP contribution in [0.25, 0.3) is 56.0 Å². The molecule has 4 aliphatic heterocycles. The summed E-state index contributed by atoms with van der Waals surface area (Å²) in [6, 6.07) is 26.5. The number of hydrogen-bond acceptors (Lipinski definition) is 6. The van der Waals surface area contributed by atoms with Crippen molar-refractivity contribution in [2.45, 2.75) is 13.8 Å². The SMILES string of the molecule is Cc1ccc2c3nn(-c4ccccc4)c(=O)c-3c[nH]c2n1.Cc1ccc2c3nn(-c4ccccc4)c(=O)c-3c[nH]c2n1.O. The van der Waals surface area contributed by atoms with Crippen molar-refractivity contribution >= 4 is 22.1 Å². The number of aryl methyl sites for hydroxylation is 2. The maximum absolute atomic E-state index is 12.5. The molecule has 0 unspecified atom stereocenters. The molecule has 11 nitrogen and oxygen atoms in total.